The molecule has 1 saturated heterocycles. The number of benzene rings is 1. The maximum Gasteiger partial charge on any atom is 0.211 e. The molecule has 2 aromatic rings. The Hall–Kier alpha value is -1.27. The molecule has 0 aliphatic carbocycles. The molecule has 0 N–H and O–H groups in total. The number of aromatic nitrogens is 1. The Bertz CT molecular complexity index is 608. The van der Waals surface area contributed by atoms with Crippen molar-refractivity contribution in [3.8, 4) is 0 Å². The summed E-state index contributed by atoms with van der Waals surface area (Å²) in [6.45, 7) is 8.94. The van der Waals surface area contributed by atoms with Gasteiger partial charge in [0.25, 0.3) is 0 Å². The first-order chi connectivity index (χ1) is 11.1. The van der Waals surface area contributed by atoms with Crippen molar-refractivity contribution in [1.29, 1.82) is 0 Å². The van der Waals surface area contributed by atoms with Gasteiger partial charge in [-0.15, -0.1) is 11.3 Å². The van der Waals surface area contributed by atoms with E-state index in [9.17, 15) is 0 Å². The zero-order valence-corrected chi connectivity index (χ0v) is 14.8. The SMILES string of the molecule is CC(C)N(Cc1cnc(C2OCCO2)s1)C(C)c1ccccc1. The standard InChI is InChI=1S/C18H24N2O2S/c1-13(2)20(14(3)15-7-5-4-6-8-15)12-16-11-19-17(23-16)18-21-9-10-22-18/h4-8,11,13-14,18H,9-10,12H2,1-3H3. The van der Waals surface area contributed by atoms with E-state index in [2.05, 4.69) is 61.0 Å². The van der Waals surface area contributed by atoms with Crippen LogP contribution in [-0.2, 0) is 16.0 Å². The number of nitrogens with zero attached hydrogens (tertiary/aromatic N) is 2. The molecule has 4 nitrogen and oxygen atoms in total. The third-order valence-corrected chi connectivity index (χ3v) is 5.18. The first-order valence-corrected chi connectivity index (χ1v) is 8.95. The highest BCUT2D eigenvalue weighted by atomic mass is 32.1. The van der Waals surface area contributed by atoms with Gasteiger partial charge in [-0.2, -0.15) is 0 Å². The summed E-state index contributed by atoms with van der Waals surface area (Å²) in [7, 11) is 0. The smallest absolute Gasteiger partial charge is 0.211 e. The molecule has 1 aliphatic rings. The van der Waals surface area contributed by atoms with Crippen LogP contribution in [-0.4, -0.2) is 29.1 Å². The maximum atomic E-state index is 5.53. The molecule has 1 aromatic carbocycles. The molecule has 5 heteroatoms. The van der Waals surface area contributed by atoms with Gasteiger partial charge >= 0.3 is 0 Å². The molecule has 0 bridgehead atoms. The quantitative estimate of drug-likeness (QED) is 0.795. The summed E-state index contributed by atoms with van der Waals surface area (Å²) >= 11 is 1.69. The van der Waals surface area contributed by atoms with Gasteiger partial charge in [0.2, 0.25) is 6.29 Å². The van der Waals surface area contributed by atoms with E-state index >= 15 is 0 Å². The lowest BCUT2D eigenvalue weighted by Crippen LogP contribution is -2.32. The van der Waals surface area contributed by atoms with Gasteiger partial charge in [0.15, 0.2) is 0 Å². The molecule has 124 valence electrons. The summed E-state index contributed by atoms with van der Waals surface area (Å²) < 4.78 is 11.1. The number of thiazole rings is 1. The fraction of sp³-hybridized carbons (Fsp3) is 0.500. The Kier molecular flexibility index (Phi) is 5.43. The van der Waals surface area contributed by atoms with Crippen molar-refractivity contribution in [2.24, 2.45) is 0 Å². The summed E-state index contributed by atoms with van der Waals surface area (Å²) in [4.78, 5) is 8.22. The minimum Gasteiger partial charge on any atom is -0.344 e. The maximum absolute atomic E-state index is 5.53. The van der Waals surface area contributed by atoms with Crippen molar-refractivity contribution < 1.29 is 9.47 Å². The van der Waals surface area contributed by atoms with Crippen LogP contribution in [0.1, 0.15) is 48.6 Å². The lowest BCUT2D eigenvalue weighted by atomic mass is 10.1. The van der Waals surface area contributed by atoms with Gasteiger partial charge in [0, 0.05) is 29.7 Å². The highest BCUT2D eigenvalue weighted by Crippen LogP contribution is 2.30. The van der Waals surface area contributed by atoms with Gasteiger partial charge in [-0.05, 0) is 26.3 Å². The molecule has 1 fully saturated rings. The minimum atomic E-state index is -0.271. The summed E-state index contributed by atoms with van der Waals surface area (Å²) in [6, 6.07) is 11.5. The molecular weight excluding hydrogens is 308 g/mol. The highest BCUT2D eigenvalue weighted by molar-refractivity contribution is 7.11. The van der Waals surface area contributed by atoms with Crippen molar-refractivity contribution in [1.82, 2.24) is 9.88 Å². The van der Waals surface area contributed by atoms with Gasteiger partial charge in [0.05, 0.1) is 13.2 Å². The molecule has 3 rings (SSSR count). The Labute approximate surface area is 142 Å². The Balaban J connectivity index is 1.72. The largest absolute Gasteiger partial charge is 0.344 e. The van der Waals surface area contributed by atoms with Crippen LogP contribution >= 0.6 is 11.3 Å². The molecule has 2 heterocycles. The second-order valence-electron chi connectivity index (χ2n) is 6.09. The van der Waals surface area contributed by atoms with Crippen molar-refractivity contribution >= 4 is 11.3 Å². The zero-order valence-electron chi connectivity index (χ0n) is 13.9. The number of rotatable bonds is 6. The molecule has 0 radical (unpaired) electrons. The predicted molar refractivity (Wildman–Crippen MR) is 92.3 cm³/mol. The van der Waals surface area contributed by atoms with E-state index in [-0.39, 0.29) is 6.29 Å². The fourth-order valence-corrected chi connectivity index (χ4v) is 3.80. The van der Waals surface area contributed by atoms with Crippen LogP contribution in [0.3, 0.4) is 0 Å². The molecule has 1 unspecified atom stereocenters. The molecule has 1 atom stereocenters. The molecular formula is C18H24N2O2S. The molecule has 0 amide bonds. The van der Waals surface area contributed by atoms with E-state index < -0.39 is 0 Å². The topological polar surface area (TPSA) is 34.6 Å². The lowest BCUT2D eigenvalue weighted by molar-refractivity contribution is -0.0442. The molecule has 0 spiro atoms. The zero-order chi connectivity index (χ0) is 16.2. The van der Waals surface area contributed by atoms with Crippen LogP contribution in [0.15, 0.2) is 36.5 Å². The van der Waals surface area contributed by atoms with Crippen LogP contribution in [0.2, 0.25) is 0 Å². The molecule has 23 heavy (non-hydrogen) atoms. The predicted octanol–water partition coefficient (Wildman–Crippen LogP) is 4.16. The van der Waals surface area contributed by atoms with E-state index in [0.717, 1.165) is 11.6 Å². The summed E-state index contributed by atoms with van der Waals surface area (Å²) in [6.07, 6.45) is 1.69. The van der Waals surface area contributed by atoms with E-state index in [4.69, 9.17) is 9.47 Å². The first-order valence-electron chi connectivity index (χ1n) is 8.13. The summed E-state index contributed by atoms with van der Waals surface area (Å²) in [5.74, 6) is 0. The first kappa shape index (κ1) is 16.6. The van der Waals surface area contributed by atoms with Crippen LogP contribution in [0.5, 0.6) is 0 Å². The summed E-state index contributed by atoms with van der Waals surface area (Å²) in [5, 5.41) is 0.925. The minimum absolute atomic E-state index is 0.271. The van der Waals surface area contributed by atoms with E-state index in [1.54, 1.807) is 11.3 Å². The van der Waals surface area contributed by atoms with Gasteiger partial charge in [0.1, 0.15) is 5.01 Å². The van der Waals surface area contributed by atoms with Crippen molar-refractivity contribution in [2.75, 3.05) is 13.2 Å². The normalized spacial score (nSPS) is 17.3. The van der Waals surface area contributed by atoms with Crippen LogP contribution < -0.4 is 0 Å². The third kappa shape index (κ3) is 3.98. The van der Waals surface area contributed by atoms with Crippen LogP contribution in [0.25, 0.3) is 0 Å². The second kappa shape index (κ2) is 7.53. The fourth-order valence-electron chi connectivity index (χ4n) is 2.88. The van der Waals surface area contributed by atoms with Crippen molar-refractivity contribution in [3.05, 3.63) is 52.0 Å². The second-order valence-corrected chi connectivity index (χ2v) is 7.24. The molecule has 0 saturated carbocycles. The average molecular weight is 332 g/mol. The van der Waals surface area contributed by atoms with Gasteiger partial charge in [-0.3, -0.25) is 4.90 Å². The van der Waals surface area contributed by atoms with Crippen molar-refractivity contribution in [3.63, 3.8) is 0 Å². The molecule has 1 aliphatic heterocycles. The van der Waals surface area contributed by atoms with Gasteiger partial charge < -0.3 is 9.47 Å². The Morgan fingerprint density at radius 3 is 2.52 bits per heavy atom. The number of ether oxygens (including phenoxy) is 2. The number of hydrogen-bond donors (Lipinski definition) is 0. The number of hydrogen-bond acceptors (Lipinski definition) is 5. The Morgan fingerprint density at radius 1 is 1.17 bits per heavy atom. The van der Waals surface area contributed by atoms with E-state index in [0.29, 0.717) is 25.3 Å². The summed E-state index contributed by atoms with van der Waals surface area (Å²) in [5.41, 5.74) is 1.34. The highest BCUT2D eigenvalue weighted by Gasteiger charge is 2.24. The monoisotopic (exact) mass is 332 g/mol. The van der Waals surface area contributed by atoms with E-state index in [1.807, 2.05) is 6.20 Å². The average Bonchev–Trinajstić information content (AvgIpc) is 3.23. The Morgan fingerprint density at radius 2 is 1.87 bits per heavy atom. The lowest BCUT2D eigenvalue weighted by Gasteiger charge is -2.32. The van der Waals surface area contributed by atoms with Gasteiger partial charge in [-0.25, -0.2) is 4.98 Å². The van der Waals surface area contributed by atoms with Crippen LogP contribution in [0, 0.1) is 0 Å². The molecule has 1 aromatic heterocycles. The van der Waals surface area contributed by atoms with E-state index in [1.165, 1.54) is 10.4 Å². The van der Waals surface area contributed by atoms with Crippen LogP contribution in [0.4, 0.5) is 0 Å². The third-order valence-electron chi connectivity index (χ3n) is 4.18. The van der Waals surface area contributed by atoms with Crippen molar-refractivity contribution in [2.45, 2.75) is 45.7 Å². The van der Waals surface area contributed by atoms with Gasteiger partial charge in [-0.1, -0.05) is 30.3 Å².